The quantitative estimate of drug-likeness (QED) is 0.351. The van der Waals surface area contributed by atoms with Gasteiger partial charge in [-0.1, -0.05) is 11.6 Å². The Kier molecular flexibility index (Phi) is 5.57. The van der Waals surface area contributed by atoms with Crippen LogP contribution in [0.1, 0.15) is 10.4 Å². The number of thioether (sulfide) groups is 1. The van der Waals surface area contributed by atoms with E-state index in [-0.39, 0.29) is 16.2 Å². The molecule has 0 fully saturated rings. The molecule has 0 aliphatic heterocycles. The molecular formula is C17H14ClN3O2S2. The summed E-state index contributed by atoms with van der Waals surface area (Å²) in [4.78, 5) is 30.5. The number of hydrogen-bond acceptors (Lipinski definition) is 4. The number of benzene rings is 2. The number of carbonyl (C=O) groups excluding carboxylic acids is 1. The Morgan fingerprint density at radius 1 is 1.16 bits per heavy atom. The predicted octanol–water partition coefficient (Wildman–Crippen LogP) is 3.76. The van der Waals surface area contributed by atoms with Crippen molar-refractivity contribution in [2.75, 3.05) is 12.3 Å². The third kappa shape index (κ3) is 4.50. The van der Waals surface area contributed by atoms with Gasteiger partial charge in [-0.25, -0.2) is 0 Å². The number of fused-ring (bicyclic) bond motifs is 1. The molecule has 2 aromatic carbocycles. The summed E-state index contributed by atoms with van der Waals surface area (Å²) < 4.78 is 0.231. The molecule has 0 bridgehead atoms. The van der Waals surface area contributed by atoms with Crippen LogP contribution in [0, 0.1) is 4.77 Å². The van der Waals surface area contributed by atoms with Gasteiger partial charge in [-0.05, 0) is 54.7 Å². The van der Waals surface area contributed by atoms with Crippen molar-refractivity contribution >= 4 is 52.4 Å². The van der Waals surface area contributed by atoms with E-state index in [4.69, 9.17) is 23.8 Å². The lowest BCUT2D eigenvalue weighted by Crippen LogP contribution is -2.25. The highest BCUT2D eigenvalue weighted by atomic mass is 35.5. The van der Waals surface area contributed by atoms with E-state index in [0.717, 1.165) is 10.6 Å². The number of hydrogen-bond donors (Lipinski definition) is 3. The van der Waals surface area contributed by atoms with E-state index in [2.05, 4.69) is 15.3 Å². The first kappa shape index (κ1) is 17.7. The molecule has 0 spiro atoms. The number of nitrogens with one attached hydrogen (secondary N) is 3. The maximum Gasteiger partial charge on any atom is 0.259 e. The topological polar surface area (TPSA) is 77.8 Å². The van der Waals surface area contributed by atoms with Gasteiger partial charge in [-0.2, -0.15) is 0 Å². The molecule has 8 heteroatoms. The van der Waals surface area contributed by atoms with Gasteiger partial charge in [0.2, 0.25) is 0 Å². The van der Waals surface area contributed by atoms with Crippen molar-refractivity contribution in [2.24, 2.45) is 0 Å². The lowest BCUT2D eigenvalue weighted by molar-refractivity contribution is 0.0956. The summed E-state index contributed by atoms with van der Waals surface area (Å²) in [5.41, 5.74) is 0.738. The summed E-state index contributed by atoms with van der Waals surface area (Å²) in [6.07, 6.45) is 0. The highest BCUT2D eigenvalue weighted by Gasteiger charge is 2.08. The first-order chi connectivity index (χ1) is 12.0. The third-order valence-electron chi connectivity index (χ3n) is 3.47. The number of carbonyl (C=O) groups is 1. The summed E-state index contributed by atoms with van der Waals surface area (Å²) in [5.74, 6) is 0.543. The molecule has 0 aliphatic rings. The summed E-state index contributed by atoms with van der Waals surface area (Å²) in [6.45, 7) is 0.523. The van der Waals surface area contributed by atoms with Gasteiger partial charge >= 0.3 is 0 Å². The van der Waals surface area contributed by atoms with Gasteiger partial charge in [-0.3, -0.25) is 14.6 Å². The van der Waals surface area contributed by atoms with E-state index in [0.29, 0.717) is 28.0 Å². The Morgan fingerprint density at radius 3 is 2.68 bits per heavy atom. The normalized spacial score (nSPS) is 10.8. The van der Waals surface area contributed by atoms with Crippen molar-refractivity contribution in [3.63, 3.8) is 0 Å². The van der Waals surface area contributed by atoms with Gasteiger partial charge < -0.3 is 10.3 Å². The molecule has 3 rings (SSSR count). The second-order valence-corrected chi connectivity index (χ2v) is 7.24. The van der Waals surface area contributed by atoms with E-state index in [9.17, 15) is 9.59 Å². The Labute approximate surface area is 157 Å². The zero-order chi connectivity index (χ0) is 17.8. The van der Waals surface area contributed by atoms with Gasteiger partial charge in [0.05, 0.1) is 10.9 Å². The second-order valence-electron chi connectivity index (χ2n) is 5.23. The predicted molar refractivity (Wildman–Crippen MR) is 104 cm³/mol. The van der Waals surface area contributed by atoms with Crippen LogP contribution < -0.4 is 10.9 Å². The van der Waals surface area contributed by atoms with Crippen LogP contribution >= 0.6 is 35.6 Å². The first-order valence-electron chi connectivity index (χ1n) is 7.46. The molecule has 0 atom stereocenters. The molecule has 0 radical (unpaired) electrons. The van der Waals surface area contributed by atoms with Crippen molar-refractivity contribution in [3.05, 3.63) is 68.2 Å². The third-order valence-corrected chi connectivity index (χ3v) is 4.94. The molecule has 25 heavy (non-hydrogen) atoms. The van der Waals surface area contributed by atoms with E-state index in [1.165, 1.54) is 0 Å². The summed E-state index contributed by atoms with van der Waals surface area (Å²) in [7, 11) is 0. The summed E-state index contributed by atoms with van der Waals surface area (Å²) in [5, 5.41) is 4.03. The van der Waals surface area contributed by atoms with Crippen molar-refractivity contribution in [1.82, 2.24) is 15.3 Å². The van der Waals surface area contributed by atoms with E-state index >= 15 is 0 Å². The standard InChI is InChI=1S/C17H14ClN3O2S2/c18-11-2-4-12(5-3-11)25-8-7-19-15(22)10-1-6-13-14(9-10)20-17(24)21-16(13)23/h1-6,9H,7-8H2,(H,19,22)(H2,20,21,23,24). The fraction of sp³-hybridized carbons (Fsp3) is 0.118. The maximum absolute atomic E-state index is 12.3. The van der Waals surface area contributed by atoms with Crippen LogP contribution in [0.25, 0.3) is 10.9 Å². The van der Waals surface area contributed by atoms with Crippen LogP contribution in [0.5, 0.6) is 0 Å². The minimum Gasteiger partial charge on any atom is -0.351 e. The zero-order valence-electron chi connectivity index (χ0n) is 13.0. The van der Waals surface area contributed by atoms with Crippen molar-refractivity contribution in [3.8, 4) is 0 Å². The number of aromatic amines is 2. The van der Waals surface area contributed by atoms with E-state index < -0.39 is 0 Å². The molecule has 0 saturated heterocycles. The molecule has 1 amide bonds. The number of aromatic nitrogens is 2. The Balaban J connectivity index is 1.61. The van der Waals surface area contributed by atoms with Gasteiger partial charge in [0.1, 0.15) is 0 Å². The molecule has 0 unspecified atom stereocenters. The average Bonchev–Trinajstić information content (AvgIpc) is 2.59. The fourth-order valence-electron chi connectivity index (χ4n) is 2.28. The van der Waals surface area contributed by atoms with Gasteiger partial charge in [-0.15, -0.1) is 11.8 Å². The largest absolute Gasteiger partial charge is 0.351 e. The Hall–Kier alpha value is -2.09. The van der Waals surface area contributed by atoms with Crippen LogP contribution in [-0.2, 0) is 0 Å². The molecular weight excluding hydrogens is 378 g/mol. The molecule has 1 heterocycles. The number of H-pyrrole nitrogens is 2. The molecule has 128 valence electrons. The molecule has 0 saturated carbocycles. The lowest BCUT2D eigenvalue weighted by atomic mass is 10.1. The van der Waals surface area contributed by atoms with Crippen LogP contribution in [0.2, 0.25) is 5.02 Å². The minimum absolute atomic E-state index is 0.196. The highest BCUT2D eigenvalue weighted by Crippen LogP contribution is 2.19. The van der Waals surface area contributed by atoms with Crippen LogP contribution in [-0.4, -0.2) is 28.2 Å². The van der Waals surface area contributed by atoms with Crippen LogP contribution in [0.4, 0.5) is 0 Å². The molecule has 1 aromatic heterocycles. The smallest absolute Gasteiger partial charge is 0.259 e. The average molecular weight is 392 g/mol. The molecule has 0 aliphatic carbocycles. The van der Waals surface area contributed by atoms with Gasteiger partial charge in [0, 0.05) is 27.8 Å². The first-order valence-corrected chi connectivity index (χ1v) is 9.23. The van der Waals surface area contributed by atoms with Crippen molar-refractivity contribution < 1.29 is 4.79 Å². The summed E-state index contributed by atoms with van der Waals surface area (Å²) >= 11 is 12.4. The van der Waals surface area contributed by atoms with Crippen molar-refractivity contribution in [1.29, 1.82) is 0 Å². The SMILES string of the molecule is O=C(NCCSc1ccc(Cl)cc1)c1ccc2c(=O)[nH]c(=S)[nH]c2c1. The zero-order valence-corrected chi connectivity index (χ0v) is 15.4. The molecule has 3 N–H and O–H groups in total. The monoisotopic (exact) mass is 391 g/mol. The van der Waals surface area contributed by atoms with Gasteiger partial charge in [0.15, 0.2) is 4.77 Å². The van der Waals surface area contributed by atoms with Crippen molar-refractivity contribution in [2.45, 2.75) is 4.90 Å². The lowest BCUT2D eigenvalue weighted by Gasteiger charge is -2.06. The second kappa shape index (κ2) is 7.86. The van der Waals surface area contributed by atoms with E-state index in [1.54, 1.807) is 30.0 Å². The Morgan fingerprint density at radius 2 is 1.92 bits per heavy atom. The van der Waals surface area contributed by atoms with E-state index in [1.807, 2.05) is 24.3 Å². The Bertz CT molecular complexity index is 1030. The molecule has 5 nitrogen and oxygen atoms in total. The van der Waals surface area contributed by atoms with Crippen LogP contribution in [0.15, 0.2) is 52.2 Å². The number of amides is 1. The minimum atomic E-state index is -0.273. The number of rotatable bonds is 5. The maximum atomic E-state index is 12.3. The van der Waals surface area contributed by atoms with Gasteiger partial charge in [0.25, 0.3) is 11.5 Å². The highest BCUT2D eigenvalue weighted by molar-refractivity contribution is 7.99. The fourth-order valence-corrected chi connectivity index (χ4v) is 3.37. The number of halogens is 1. The molecule has 3 aromatic rings. The van der Waals surface area contributed by atoms with Crippen LogP contribution in [0.3, 0.4) is 0 Å². The summed E-state index contributed by atoms with van der Waals surface area (Å²) in [6, 6.07) is 12.4.